The van der Waals surface area contributed by atoms with Gasteiger partial charge in [0.05, 0.1) is 0 Å². The van der Waals surface area contributed by atoms with Gasteiger partial charge in [-0.3, -0.25) is 0 Å². The Morgan fingerprint density at radius 1 is 1.53 bits per heavy atom. The van der Waals surface area contributed by atoms with Crippen LogP contribution in [0.3, 0.4) is 0 Å². The second kappa shape index (κ2) is 6.28. The Labute approximate surface area is 99.6 Å². The van der Waals surface area contributed by atoms with Crippen molar-refractivity contribution >= 4 is 24.0 Å². The zero-order chi connectivity index (χ0) is 10.7. The highest BCUT2D eigenvalue weighted by Crippen LogP contribution is 2.28. The van der Waals surface area contributed by atoms with E-state index < -0.39 is 6.04 Å². The van der Waals surface area contributed by atoms with Gasteiger partial charge in [-0.2, -0.15) is 0 Å². The Balaban J connectivity index is 0.00000196. The fourth-order valence-electron chi connectivity index (χ4n) is 1.30. The van der Waals surface area contributed by atoms with Crippen LogP contribution in [-0.4, -0.2) is 11.7 Å². The molecule has 86 valence electrons. The van der Waals surface area contributed by atoms with Crippen LogP contribution in [0.1, 0.15) is 23.6 Å². The van der Waals surface area contributed by atoms with Gasteiger partial charge >= 0.3 is 0 Å². The molecule has 1 aromatic rings. The second-order valence-electron chi connectivity index (χ2n) is 3.21. The van der Waals surface area contributed by atoms with Crippen LogP contribution in [-0.2, 0) is 0 Å². The average molecular weight is 254 g/mol. The number of aliphatic hydroxyl groups excluding tert-OH is 1. The Morgan fingerprint density at radius 3 is 2.67 bits per heavy atom. The first-order valence-corrected chi connectivity index (χ1v) is 4.76. The topological polar surface area (TPSA) is 46.2 Å². The number of rotatable bonds is 3. The van der Waals surface area contributed by atoms with Gasteiger partial charge in [0.2, 0.25) is 0 Å². The fourth-order valence-corrected chi connectivity index (χ4v) is 1.59. The number of benzene rings is 1. The fraction of sp³-hybridized carbons (Fsp3) is 0.400. The Bertz CT molecular complexity index is 333. The van der Waals surface area contributed by atoms with Gasteiger partial charge in [-0.25, -0.2) is 4.39 Å². The molecule has 1 aromatic carbocycles. The lowest BCUT2D eigenvalue weighted by Crippen LogP contribution is -2.15. The Kier molecular flexibility index (Phi) is 6.13. The van der Waals surface area contributed by atoms with Gasteiger partial charge in [0, 0.05) is 23.2 Å². The van der Waals surface area contributed by atoms with Crippen LogP contribution in [0.25, 0.3) is 0 Å². The number of hydrogen-bond acceptors (Lipinski definition) is 2. The van der Waals surface area contributed by atoms with E-state index >= 15 is 0 Å². The van der Waals surface area contributed by atoms with Gasteiger partial charge in [0.15, 0.2) is 0 Å². The minimum Gasteiger partial charge on any atom is -0.396 e. The first-order valence-electron chi connectivity index (χ1n) is 4.39. The standard InChI is InChI=1S/C10H13ClFNO.ClH/c1-6-2-3-7(11)9(10(6)12)8(13)4-5-14;/h2-3,8,14H,4-5,13H2,1H3;1H/t8-;/m0./s1. The molecule has 0 amide bonds. The highest BCUT2D eigenvalue weighted by molar-refractivity contribution is 6.31. The Hall–Kier alpha value is -0.350. The molecule has 0 heterocycles. The first-order chi connectivity index (χ1) is 6.57. The Morgan fingerprint density at radius 2 is 2.13 bits per heavy atom. The smallest absolute Gasteiger partial charge is 0.132 e. The quantitative estimate of drug-likeness (QED) is 0.870. The predicted molar refractivity (Wildman–Crippen MR) is 62.0 cm³/mol. The molecule has 3 N–H and O–H groups in total. The monoisotopic (exact) mass is 253 g/mol. The van der Waals surface area contributed by atoms with Crippen molar-refractivity contribution in [3.05, 3.63) is 34.1 Å². The van der Waals surface area contributed by atoms with Crippen LogP contribution in [0, 0.1) is 12.7 Å². The van der Waals surface area contributed by atoms with Crippen molar-refractivity contribution in [3.8, 4) is 0 Å². The molecule has 0 aliphatic heterocycles. The van der Waals surface area contributed by atoms with Crippen molar-refractivity contribution in [2.24, 2.45) is 5.73 Å². The van der Waals surface area contributed by atoms with E-state index in [0.717, 1.165) is 0 Å². The molecule has 0 aromatic heterocycles. The third kappa shape index (κ3) is 3.31. The minimum atomic E-state index is -0.549. The lowest BCUT2D eigenvalue weighted by atomic mass is 10.0. The van der Waals surface area contributed by atoms with Gasteiger partial charge in [0.25, 0.3) is 0 Å². The first kappa shape index (κ1) is 14.6. The third-order valence-corrected chi connectivity index (χ3v) is 2.46. The molecule has 0 radical (unpaired) electrons. The normalized spacial score (nSPS) is 12.1. The van der Waals surface area contributed by atoms with Crippen molar-refractivity contribution in [2.75, 3.05) is 6.61 Å². The summed E-state index contributed by atoms with van der Waals surface area (Å²) in [4.78, 5) is 0. The highest BCUT2D eigenvalue weighted by atomic mass is 35.5. The lowest BCUT2D eigenvalue weighted by Gasteiger charge is -2.14. The maximum absolute atomic E-state index is 13.6. The van der Waals surface area contributed by atoms with Crippen LogP contribution in [0.15, 0.2) is 12.1 Å². The van der Waals surface area contributed by atoms with Crippen LogP contribution in [0.4, 0.5) is 4.39 Å². The van der Waals surface area contributed by atoms with E-state index in [1.165, 1.54) is 0 Å². The number of hydrogen-bond donors (Lipinski definition) is 2. The summed E-state index contributed by atoms with van der Waals surface area (Å²) >= 11 is 5.83. The maximum Gasteiger partial charge on any atom is 0.132 e. The van der Waals surface area contributed by atoms with E-state index in [2.05, 4.69) is 0 Å². The molecule has 2 nitrogen and oxygen atoms in total. The van der Waals surface area contributed by atoms with Gasteiger partial charge < -0.3 is 10.8 Å². The molecular formula is C10H14Cl2FNO. The number of halogens is 3. The number of aryl methyl sites for hydroxylation is 1. The average Bonchev–Trinajstić information content (AvgIpc) is 2.13. The zero-order valence-corrected chi connectivity index (χ0v) is 9.91. The summed E-state index contributed by atoms with van der Waals surface area (Å²) in [5, 5.41) is 9.02. The van der Waals surface area contributed by atoms with Gasteiger partial charge in [-0.05, 0) is 25.0 Å². The van der Waals surface area contributed by atoms with Crippen LogP contribution >= 0.6 is 24.0 Å². The SMILES string of the molecule is Cc1ccc(Cl)c([C@@H](N)CCO)c1F.Cl. The summed E-state index contributed by atoms with van der Waals surface area (Å²) in [7, 11) is 0. The van der Waals surface area contributed by atoms with Gasteiger partial charge in [-0.15, -0.1) is 12.4 Å². The van der Waals surface area contributed by atoms with Gasteiger partial charge in [-0.1, -0.05) is 17.7 Å². The molecule has 15 heavy (non-hydrogen) atoms. The van der Waals surface area contributed by atoms with E-state index in [-0.39, 0.29) is 24.8 Å². The second-order valence-corrected chi connectivity index (χ2v) is 3.62. The van der Waals surface area contributed by atoms with Crippen molar-refractivity contribution in [1.29, 1.82) is 0 Å². The van der Waals surface area contributed by atoms with Crippen LogP contribution in [0.2, 0.25) is 5.02 Å². The van der Waals surface area contributed by atoms with Gasteiger partial charge in [0.1, 0.15) is 5.82 Å². The predicted octanol–water partition coefficient (Wildman–Crippen LogP) is 2.59. The largest absolute Gasteiger partial charge is 0.396 e. The summed E-state index contributed by atoms with van der Waals surface area (Å²) in [5.74, 6) is -0.376. The molecular weight excluding hydrogens is 240 g/mol. The summed E-state index contributed by atoms with van der Waals surface area (Å²) in [5.41, 5.74) is 6.50. The van der Waals surface area contributed by atoms with Crippen LogP contribution in [0.5, 0.6) is 0 Å². The van der Waals surface area contributed by atoms with E-state index in [9.17, 15) is 4.39 Å². The summed E-state index contributed by atoms with van der Waals surface area (Å²) < 4.78 is 13.6. The summed E-state index contributed by atoms with van der Waals surface area (Å²) in [6, 6.07) is 2.67. The van der Waals surface area contributed by atoms with Crippen molar-refractivity contribution < 1.29 is 9.50 Å². The highest BCUT2D eigenvalue weighted by Gasteiger charge is 2.16. The van der Waals surface area contributed by atoms with Crippen molar-refractivity contribution in [2.45, 2.75) is 19.4 Å². The molecule has 0 fully saturated rings. The van der Waals surface area contributed by atoms with Crippen molar-refractivity contribution in [3.63, 3.8) is 0 Å². The summed E-state index contributed by atoms with van der Waals surface area (Å²) in [6.45, 7) is 1.58. The molecule has 0 saturated carbocycles. The maximum atomic E-state index is 13.6. The molecule has 0 spiro atoms. The molecule has 1 atom stereocenters. The van der Waals surface area contributed by atoms with Crippen molar-refractivity contribution in [1.82, 2.24) is 0 Å². The minimum absolute atomic E-state index is 0. The zero-order valence-electron chi connectivity index (χ0n) is 8.34. The molecule has 0 unspecified atom stereocenters. The molecule has 0 saturated heterocycles. The number of nitrogens with two attached hydrogens (primary N) is 1. The van der Waals surface area contributed by atoms with E-state index in [1.807, 2.05) is 0 Å². The molecule has 1 rings (SSSR count). The molecule has 0 aliphatic carbocycles. The molecule has 0 aliphatic rings. The summed E-state index contributed by atoms with van der Waals surface area (Å²) in [6.07, 6.45) is 0.306. The molecule has 5 heteroatoms. The van der Waals surface area contributed by atoms with E-state index in [0.29, 0.717) is 22.6 Å². The third-order valence-electron chi connectivity index (χ3n) is 2.13. The lowest BCUT2D eigenvalue weighted by molar-refractivity contribution is 0.275. The van der Waals surface area contributed by atoms with E-state index in [1.54, 1.807) is 19.1 Å². The van der Waals surface area contributed by atoms with Crippen LogP contribution < -0.4 is 5.73 Å². The van der Waals surface area contributed by atoms with E-state index in [4.69, 9.17) is 22.4 Å². The number of aliphatic hydroxyl groups is 1. The molecule has 0 bridgehead atoms.